The molecule has 0 saturated carbocycles. The number of aliphatic hydroxyl groups excluding tert-OH is 1. The van der Waals surface area contributed by atoms with Gasteiger partial charge in [0.2, 0.25) is 0 Å². The number of aliphatic hydroxyl groups is 1. The van der Waals surface area contributed by atoms with Crippen molar-refractivity contribution in [3.63, 3.8) is 0 Å². The Kier molecular flexibility index (Phi) is 7.19. The lowest BCUT2D eigenvalue weighted by Crippen LogP contribution is -2.54. The third-order valence-electron chi connectivity index (χ3n) is 6.34. The van der Waals surface area contributed by atoms with Crippen molar-refractivity contribution in [2.45, 2.75) is 64.5 Å². The van der Waals surface area contributed by atoms with E-state index in [1.807, 2.05) is 19.9 Å². The number of likely N-dealkylation sites (tertiary alicyclic amines) is 1. The minimum absolute atomic E-state index is 0.0311. The number of benzene rings is 1. The molecule has 7 nitrogen and oxygen atoms in total. The van der Waals surface area contributed by atoms with Crippen LogP contribution in [0.3, 0.4) is 0 Å². The number of aromatic nitrogens is 1. The fraction of sp³-hybridized carbons (Fsp3) is 0.560. The SMILES string of the molecule is COc1cc(C(=O)N2[C@@H](c3nccs3)[C@@H](CO)C[C@@]2(CC(C)C)C(=O)O)ccc1C(C)(C)C. The van der Waals surface area contributed by atoms with Gasteiger partial charge in [-0.2, -0.15) is 0 Å². The largest absolute Gasteiger partial charge is 0.496 e. The highest BCUT2D eigenvalue weighted by atomic mass is 32.1. The van der Waals surface area contributed by atoms with E-state index < -0.39 is 29.4 Å². The van der Waals surface area contributed by atoms with Crippen LogP contribution in [0.4, 0.5) is 0 Å². The molecule has 1 aliphatic heterocycles. The van der Waals surface area contributed by atoms with E-state index in [1.54, 1.807) is 30.8 Å². The lowest BCUT2D eigenvalue weighted by atomic mass is 9.83. The number of methoxy groups -OCH3 is 1. The molecule has 1 saturated heterocycles. The van der Waals surface area contributed by atoms with Crippen LogP contribution in [0.1, 0.15) is 74.4 Å². The van der Waals surface area contributed by atoms with Crippen LogP contribution in [0.25, 0.3) is 0 Å². The number of carbonyl (C=O) groups is 2. The fourth-order valence-electron chi connectivity index (χ4n) is 5.02. The van der Waals surface area contributed by atoms with Crippen LogP contribution in [0.2, 0.25) is 0 Å². The summed E-state index contributed by atoms with van der Waals surface area (Å²) in [6, 6.07) is 4.68. The summed E-state index contributed by atoms with van der Waals surface area (Å²) < 4.78 is 5.59. The van der Waals surface area contributed by atoms with Crippen molar-refractivity contribution < 1.29 is 24.5 Å². The monoisotopic (exact) mass is 474 g/mol. The zero-order valence-corrected chi connectivity index (χ0v) is 21.0. The molecule has 3 rings (SSSR count). The topological polar surface area (TPSA) is 100.0 Å². The standard InChI is InChI=1S/C25H34N2O5S/c1-15(2)12-25(23(30)31)13-17(14-28)20(21-26-9-10-33-21)27(25)22(29)16-7-8-18(24(3,4)5)19(11-16)32-6/h7-11,15,17,20,28H,12-14H2,1-6H3,(H,30,31)/t17-,20-,25+/m1/s1. The van der Waals surface area contributed by atoms with Crippen LogP contribution in [-0.4, -0.2) is 51.2 Å². The summed E-state index contributed by atoms with van der Waals surface area (Å²) in [4.78, 5) is 32.7. The molecule has 180 valence electrons. The van der Waals surface area contributed by atoms with E-state index in [4.69, 9.17) is 4.74 Å². The van der Waals surface area contributed by atoms with Crippen molar-refractivity contribution in [2.75, 3.05) is 13.7 Å². The first-order valence-corrected chi connectivity index (χ1v) is 12.1. The van der Waals surface area contributed by atoms with Crippen LogP contribution < -0.4 is 4.74 Å². The average molecular weight is 475 g/mol. The lowest BCUT2D eigenvalue weighted by molar-refractivity contribution is -0.150. The van der Waals surface area contributed by atoms with E-state index in [-0.39, 0.29) is 30.8 Å². The molecule has 8 heteroatoms. The molecule has 0 aliphatic carbocycles. The number of amides is 1. The Morgan fingerprint density at radius 1 is 1.33 bits per heavy atom. The van der Waals surface area contributed by atoms with Gasteiger partial charge in [0.15, 0.2) is 0 Å². The van der Waals surface area contributed by atoms with E-state index in [0.29, 0.717) is 16.3 Å². The molecular weight excluding hydrogens is 440 g/mol. The Balaban J connectivity index is 2.19. The Morgan fingerprint density at radius 2 is 2.03 bits per heavy atom. The average Bonchev–Trinajstić information content (AvgIpc) is 3.37. The quantitative estimate of drug-likeness (QED) is 0.612. The Morgan fingerprint density at radius 3 is 2.52 bits per heavy atom. The Hall–Kier alpha value is -2.45. The number of hydrogen-bond acceptors (Lipinski definition) is 6. The summed E-state index contributed by atoms with van der Waals surface area (Å²) in [7, 11) is 1.56. The lowest BCUT2D eigenvalue weighted by Gasteiger charge is -2.39. The molecule has 1 fully saturated rings. The van der Waals surface area contributed by atoms with E-state index in [0.717, 1.165) is 5.56 Å². The van der Waals surface area contributed by atoms with Crippen molar-refractivity contribution in [2.24, 2.45) is 11.8 Å². The maximum Gasteiger partial charge on any atom is 0.329 e. The van der Waals surface area contributed by atoms with Gasteiger partial charge in [0, 0.05) is 29.7 Å². The fourth-order valence-corrected chi connectivity index (χ4v) is 5.84. The van der Waals surface area contributed by atoms with Crippen molar-refractivity contribution >= 4 is 23.2 Å². The number of hydrogen-bond donors (Lipinski definition) is 2. The molecule has 2 aromatic rings. The number of rotatable bonds is 7. The first-order valence-electron chi connectivity index (χ1n) is 11.2. The van der Waals surface area contributed by atoms with Gasteiger partial charge in [-0.25, -0.2) is 9.78 Å². The third kappa shape index (κ3) is 4.64. The van der Waals surface area contributed by atoms with Crippen molar-refractivity contribution in [1.82, 2.24) is 9.88 Å². The van der Waals surface area contributed by atoms with Gasteiger partial charge in [0.1, 0.15) is 16.3 Å². The van der Waals surface area contributed by atoms with Crippen LogP contribution in [0, 0.1) is 11.8 Å². The summed E-state index contributed by atoms with van der Waals surface area (Å²) in [6.07, 6.45) is 2.09. The molecule has 2 N–H and O–H groups in total. The van der Waals surface area contributed by atoms with Gasteiger partial charge in [-0.05, 0) is 41.9 Å². The van der Waals surface area contributed by atoms with Gasteiger partial charge in [-0.3, -0.25) is 4.79 Å². The number of carboxylic acids is 1. The molecule has 0 radical (unpaired) electrons. The van der Waals surface area contributed by atoms with E-state index in [1.165, 1.54) is 16.2 Å². The molecular formula is C25H34N2O5S. The van der Waals surface area contributed by atoms with Gasteiger partial charge in [0.25, 0.3) is 5.91 Å². The third-order valence-corrected chi connectivity index (χ3v) is 7.19. The molecule has 1 amide bonds. The molecule has 1 aliphatic rings. The van der Waals surface area contributed by atoms with Gasteiger partial charge in [-0.15, -0.1) is 11.3 Å². The minimum Gasteiger partial charge on any atom is -0.496 e. The van der Waals surface area contributed by atoms with Gasteiger partial charge in [0.05, 0.1) is 13.2 Å². The molecule has 2 heterocycles. The molecule has 3 atom stereocenters. The van der Waals surface area contributed by atoms with Crippen LogP contribution in [0.15, 0.2) is 29.8 Å². The number of nitrogens with zero attached hydrogens (tertiary/aromatic N) is 2. The van der Waals surface area contributed by atoms with Gasteiger partial charge < -0.3 is 19.8 Å². The van der Waals surface area contributed by atoms with Crippen molar-refractivity contribution in [3.8, 4) is 5.75 Å². The molecule has 1 aromatic carbocycles. The predicted octanol–water partition coefficient (Wildman–Crippen LogP) is 4.51. The number of ether oxygens (including phenoxy) is 1. The van der Waals surface area contributed by atoms with Crippen LogP contribution >= 0.6 is 11.3 Å². The zero-order valence-electron chi connectivity index (χ0n) is 20.2. The Labute approximate surface area is 199 Å². The molecule has 0 bridgehead atoms. The van der Waals surface area contributed by atoms with Crippen molar-refractivity contribution in [1.29, 1.82) is 0 Å². The van der Waals surface area contributed by atoms with Crippen molar-refractivity contribution in [3.05, 3.63) is 45.9 Å². The second-order valence-corrected chi connectivity index (χ2v) is 11.2. The summed E-state index contributed by atoms with van der Waals surface area (Å²) in [5.74, 6) is -1.26. The summed E-state index contributed by atoms with van der Waals surface area (Å²) >= 11 is 1.37. The molecule has 0 spiro atoms. The number of aliphatic carboxylic acids is 1. The number of carboxylic acid groups (broad SMARTS) is 1. The Bertz CT molecular complexity index is 999. The number of thiazole rings is 1. The van der Waals surface area contributed by atoms with E-state index in [9.17, 15) is 19.8 Å². The highest BCUT2D eigenvalue weighted by Gasteiger charge is 2.59. The molecule has 0 unspecified atom stereocenters. The molecule has 33 heavy (non-hydrogen) atoms. The summed E-state index contributed by atoms with van der Waals surface area (Å²) in [5.41, 5.74) is -0.312. The second-order valence-electron chi connectivity index (χ2n) is 10.2. The highest BCUT2D eigenvalue weighted by molar-refractivity contribution is 7.09. The first kappa shape index (κ1) is 25.2. The zero-order chi connectivity index (χ0) is 24.6. The number of carbonyl (C=O) groups excluding carboxylic acids is 1. The van der Waals surface area contributed by atoms with Gasteiger partial charge >= 0.3 is 5.97 Å². The summed E-state index contributed by atoms with van der Waals surface area (Å²) in [6.45, 7) is 9.85. The predicted molar refractivity (Wildman–Crippen MR) is 128 cm³/mol. The molecule has 1 aromatic heterocycles. The van der Waals surface area contributed by atoms with E-state index >= 15 is 0 Å². The van der Waals surface area contributed by atoms with Crippen LogP contribution in [0.5, 0.6) is 5.75 Å². The maximum atomic E-state index is 14.0. The second kappa shape index (κ2) is 9.43. The summed E-state index contributed by atoms with van der Waals surface area (Å²) in [5, 5.41) is 23.1. The smallest absolute Gasteiger partial charge is 0.329 e. The highest BCUT2D eigenvalue weighted by Crippen LogP contribution is 2.50. The normalized spacial score (nSPS) is 23.2. The van der Waals surface area contributed by atoms with Gasteiger partial charge in [-0.1, -0.05) is 40.7 Å². The van der Waals surface area contributed by atoms with Crippen LogP contribution in [-0.2, 0) is 10.2 Å². The van der Waals surface area contributed by atoms with E-state index in [2.05, 4.69) is 25.8 Å². The minimum atomic E-state index is -1.44. The first-order chi connectivity index (χ1) is 15.5. The maximum absolute atomic E-state index is 14.0.